The van der Waals surface area contributed by atoms with Gasteiger partial charge in [-0.1, -0.05) is 23.8 Å². The first-order chi connectivity index (χ1) is 12.6. The number of nitrogens with one attached hydrogen (secondary N) is 1. The van der Waals surface area contributed by atoms with E-state index in [0.717, 1.165) is 11.3 Å². The van der Waals surface area contributed by atoms with Gasteiger partial charge < -0.3 is 15.0 Å². The zero-order valence-electron chi connectivity index (χ0n) is 15.2. The normalized spacial score (nSPS) is 14.8. The van der Waals surface area contributed by atoms with Crippen LogP contribution in [0.3, 0.4) is 0 Å². The van der Waals surface area contributed by atoms with E-state index in [2.05, 4.69) is 5.32 Å². The highest BCUT2D eigenvalue weighted by molar-refractivity contribution is 5.95. The van der Waals surface area contributed by atoms with Crippen LogP contribution in [0, 0.1) is 12.8 Å². The molecule has 0 spiro atoms. The van der Waals surface area contributed by atoms with Crippen LogP contribution in [-0.4, -0.2) is 36.9 Å². The van der Waals surface area contributed by atoms with Crippen molar-refractivity contribution in [2.24, 2.45) is 5.92 Å². The van der Waals surface area contributed by atoms with E-state index in [1.807, 2.05) is 54.3 Å². The van der Waals surface area contributed by atoms with Gasteiger partial charge in [-0.05, 0) is 44.0 Å². The van der Waals surface area contributed by atoms with Crippen LogP contribution in [0.25, 0.3) is 0 Å². The standard InChI is InChI=1S/C21H24N2O3/c1-15-5-3-6-17(13-15)21(25)23-11-9-16(10-12-23)20(24)22-18-7-4-8-19(14-18)26-2/h3-8,13-14,16H,9-12H2,1-2H3,(H,22,24). The lowest BCUT2D eigenvalue weighted by Gasteiger charge is -2.31. The van der Waals surface area contributed by atoms with Crippen molar-refractivity contribution in [2.75, 3.05) is 25.5 Å². The van der Waals surface area contributed by atoms with E-state index >= 15 is 0 Å². The third-order valence-corrected chi connectivity index (χ3v) is 4.76. The van der Waals surface area contributed by atoms with E-state index in [0.29, 0.717) is 37.2 Å². The third-order valence-electron chi connectivity index (χ3n) is 4.76. The molecule has 0 unspecified atom stereocenters. The van der Waals surface area contributed by atoms with Gasteiger partial charge in [0.15, 0.2) is 0 Å². The van der Waals surface area contributed by atoms with E-state index in [4.69, 9.17) is 4.74 Å². The first-order valence-corrected chi connectivity index (χ1v) is 8.87. The third kappa shape index (κ3) is 4.23. The fourth-order valence-corrected chi connectivity index (χ4v) is 3.25. The maximum absolute atomic E-state index is 12.6. The predicted molar refractivity (Wildman–Crippen MR) is 101 cm³/mol. The molecule has 0 radical (unpaired) electrons. The van der Waals surface area contributed by atoms with Crippen molar-refractivity contribution >= 4 is 17.5 Å². The van der Waals surface area contributed by atoms with Gasteiger partial charge in [-0.15, -0.1) is 0 Å². The summed E-state index contributed by atoms with van der Waals surface area (Å²) in [5, 5.41) is 2.95. The zero-order chi connectivity index (χ0) is 18.5. The number of hydrogen-bond acceptors (Lipinski definition) is 3. The Labute approximate surface area is 154 Å². The molecule has 2 aromatic rings. The SMILES string of the molecule is COc1cccc(NC(=O)C2CCN(C(=O)c3cccc(C)c3)CC2)c1. The van der Waals surface area contributed by atoms with Crippen molar-refractivity contribution in [1.82, 2.24) is 4.90 Å². The average molecular weight is 352 g/mol. The van der Waals surface area contributed by atoms with Gasteiger partial charge in [-0.25, -0.2) is 0 Å². The second kappa shape index (κ2) is 8.04. The summed E-state index contributed by atoms with van der Waals surface area (Å²) in [6, 6.07) is 15.0. The summed E-state index contributed by atoms with van der Waals surface area (Å²) in [6.07, 6.45) is 1.35. The Kier molecular flexibility index (Phi) is 5.56. The van der Waals surface area contributed by atoms with Gasteiger partial charge in [0.1, 0.15) is 5.75 Å². The lowest BCUT2D eigenvalue weighted by Crippen LogP contribution is -2.41. The zero-order valence-corrected chi connectivity index (χ0v) is 15.2. The molecule has 1 aliphatic rings. The number of rotatable bonds is 4. The summed E-state index contributed by atoms with van der Waals surface area (Å²) >= 11 is 0. The number of anilines is 1. The average Bonchev–Trinajstić information content (AvgIpc) is 2.67. The van der Waals surface area contributed by atoms with Gasteiger partial charge in [0.2, 0.25) is 5.91 Å². The van der Waals surface area contributed by atoms with E-state index < -0.39 is 0 Å². The molecule has 0 atom stereocenters. The number of ether oxygens (including phenoxy) is 1. The van der Waals surface area contributed by atoms with Gasteiger partial charge in [0, 0.05) is 36.3 Å². The molecule has 2 amide bonds. The summed E-state index contributed by atoms with van der Waals surface area (Å²) in [4.78, 5) is 26.9. The van der Waals surface area contributed by atoms with Gasteiger partial charge in [0.25, 0.3) is 5.91 Å². The summed E-state index contributed by atoms with van der Waals surface area (Å²) in [5.74, 6) is 0.672. The van der Waals surface area contributed by atoms with Gasteiger partial charge in [-0.3, -0.25) is 9.59 Å². The molecule has 1 heterocycles. The summed E-state index contributed by atoms with van der Waals surface area (Å²) in [6.45, 7) is 3.18. The van der Waals surface area contributed by atoms with Crippen LogP contribution in [0.2, 0.25) is 0 Å². The van der Waals surface area contributed by atoms with Crippen LogP contribution in [-0.2, 0) is 4.79 Å². The largest absolute Gasteiger partial charge is 0.497 e. The minimum atomic E-state index is -0.0808. The molecule has 5 heteroatoms. The molecule has 0 aromatic heterocycles. The van der Waals surface area contributed by atoms with Crippen molar-refractivity contribution in [3.63, 3.8) is 0 Å². The highest BCUT2D eigenvalue weighted by Gasteiger charge is 2.28. The van der Waals surface area contributed by atoms with Crippen molar-refractivity contribution in [1.29, 1.82) is 0 Å². The molecule has 5 nitrogen and oxygen atoms in total. The Balaban J connectivity index is 1.56. The Morgan fingerprint density at radius 1 is 1.08 bits per heavy atom. The molecular weight excluding hydrogens is 328 g/mol. The number of aryl methyl sites for hydroxylation is 1. The number of piperidine rings is 1. The second-order valence-electron chi connectivity index (χ2n) is 6.66. The molecule has 0 aliphatic carbocycles. The summed E-state index contributed by atoms with van der Waals surface area (Å²) < 4.78 is 5.18. The van der Waals surface area contributed by atoms with Crippen molar-refractivity contribution in [3.05, 3.63) is 59.7 Å². The van der Waals surface area contributed by atoms with Crippen LogP contribution < -0.4 is 10.1 Å². The molecule has 0 bridgehead atoms. The van der Waals surface area contributed by atoms with Crippen LogP contribution >= 0.6 is 0 Å². The fourth-order valence-electron chi connectivity index (χ4n) is 3.25. The minimum absolute atomic E-state index is 0.000840. The van der Waals surface area contributed by atoms with Crippen LogP contribution in [0.5, 0.6) is 5.75 Å². The highest BCUT2D eigenvalue weighted by Crippen LogP contribution is 2.23. The summed E-state index contributed by atoms with van der Waals surface area (Å²) in [5.41, 5.74) is 2.51. The van der Waals surface area contributed by atoms with Crippen LogP contribution in [0.15, 0.2) is 48.5 Å². The molecular formula is C21H24N2O3. The van der Waals surface area contributed by atoms with Gasteiger partial charge in [-0.2, -0.15) is 0 Å². The Morgan fingerprint density at radius 3 is 2.50 bits per heavy atom. The second-order valence-corrected chi connectivity index (χ2v) is 6.66. The lowest BCUT2D eigenvalue weighted by atomic mass is 9.95. The molecule has 136 valence electrons. The Morgan fingerprint density at radius 2 is 1.81 bits per heavy atom. The van der Waals surface area contributed by atoms with Crippen molar-refractivity contribution in [2.45, 2.75) is 19.8 Å². The van der Waals surface area contributed by atoms with Crippen molar-refractivity contribution in [3.8, 4) is 5.75 Å². The number of hydrogen-bond donors (Lipinski definition) is 1. The Hall–Kier alpha value is -2.82. The van der Waals surface area contributed by atoms with Crippen LogP contribution in [0.1, 0.15) is 28.8 Å². The lowest BCUT2D eigenvalue weighted by molar-refractivity contribution is -0.121. The smallest absolute Gasteiger partial charge is 0.253 e. The number of benzene rings is 2. The number of amides is 2. The Bertz CT molecular complexity index is 795. The highest BCUT2D eigenvalue weighted by atomic mass is 16.5. The first kappa shape index (κ1) is 18.0. The number of carbonyl (C=O) groups is 2. The summed E-state index contributed by atoms with van der Waals surface area (Å²) in [7, 11) is 1.60. The molecule has 1 N–H and O–H groups in total. The first-order valence-electron chi connectivity index (χ1n) is 8.87. The maximum Gasteiger partial charge on any atom is 0.253 e. The van der Waals surface area contributed by atoms with Gasteiger partial charge >= 0.3 is 0 Å². The van der Waals surface area contributed by atoms with Crippen molar-refractivity contribution < 1.29 is 14.3 Å². The number of methoxy groups -OCH3 is 1. The van der Waals surface area contributed by atoms with E-state index in [9.17, 15) is 9.59 Å². The van der Waals surface area contributed by atoms with E-state index in [1.165, 1.54) is 0 Å². The molecule has 1 aliphatic heterocycles. The molecule has 1 fully saturated rings. The minimum Gasteiger partial charge on any atom is -0.497 e. The topological polar surface area (TPSA) is 58.6 Å². The van der Waals surface area contributed by atoms with E-state index in [1.54, 1.807) is 13.2 Å². The maximum atomic E-state index is 12.6. The number of likely N-dealkylation sites (tertiary alicyclic amines) is 1. The number of nitrogens with zero attached hydrogens (tertiary/aromatic N) is 1. The molecule has 1 saturated heterocycles. The van der Waals surface area contributed by atoms with Gasteiger partial charge in [0.05, 0.1) is 7.11 Å². The number of carbonyl (C=O) groups excluding carboxylic acids is 2. The van der Waals surface area contributed by atoms with E-state index in [-0.39, 0.29) is 17.7 Å². The molecule has 2 aromatic carbocycles. The molecule has 0 saturated carbocycles. The van der Waals surface area contributed by atoms with Crippen LogP contribution in [0.4, 0.5) is 5.69 Å². The predicted octanol–water partition coefficient (Wildman–Crippen LogP) is 3.49. The molecule has 3 rings (SSSR count). The fraction of sp³-hybridized carbons (Fsp3) is 0.333. The monoisotopic (exact) mass is 352 g/mol. The molecule has 26 heavy (non-hydrogen) atoms. The quantitative estimate of drug-likeness (QED) is 0.916.